The summed E-state index contributed by atoms with van der Waals surface area (Å²) in [6.07, 6.45) is 0. The van der Waals surface area contributed by atoms with E-state index < -0.39 is 0 Å². The Morgan fingerprint density at radius 1 is 1.18 bits per heavy atom. The van der Waals surface area contributed by atoms with Crippen molar-refractivity contribution in [1.29, 1.82) is 0 Å². The van der Waals surface area contributed by atoms with Crippen molar-refractivity contribution in [3.63, 3.8) is 0 Å². The molecule has 0 aliphatic heterocycles. The zero-order chi connectivity index (χ0) is 16.1. The van der Waals surface area contributed by atoms with E-state index in [1.165, 1.54) is 21.3 Å². The predicted molar refractivity (Wildman–Crippen MR) is 84.1 cm³/mol. The second-order valence-corrected chi connectivity index (χ2v) is 5.52. The van der Waals surface area contributed by atoms with Crippen molar-refractivity contribution < 1.29 is 19.0 Å². The molecule has 0 saturated heterocycles. The zero-order valence-electron chi connectivity index (χ0n) is 12.9. The van der Waals surface area contributed by atoms with Crippen LogP contribution >= 0.6 is 11.3 Å². The number of nitrogens with zero attached hydrogens (tertiary/aromatic N) is 1. The van der Waals surface area contributed by atoms with Crippen LogP contribution in [0.1, 0.15) is 21.1 Å². The summed E-state index contributed by atoms with van der Waals surface area (Å²) in [5.74, 6) is 1.11. The molecule has 0 bridgehead atoms. The molecule has 0 unspecified atom stereocenters. The van der Waals surface area contributed by atoms with Crippen LogP contribution in [0.3, 0.4) is 0 Å². The molecule has 118 valence electrons. The summed E-state index contributed by atoms with van der Waals surface area (Å²) >= 11 is 1.55. The fourth-order valence-electron chi connectivity index (χ4n) is 1.97. The van der Waals surface area contributed by atoms with Crippen LogP contribution in [0.4, 0.5) is 0 Å². The van der Waals surface area contributed by atoms with Crippen LogP contribution in [0, 0.1) is 6.92 Å². The Bertz CT molecular complexity index is 644. The van der Waals surface area contributed by atoms with E-state index in [2.05, 4.69) is 10.3 Å². The topological polar surface area (TPSA) is 69.7 Å². The minimum atomic E-state index is -0.232. The van der Waals surface area contributed by atoms with E-state index in [-0.39, 0.29) is 5.91 Å². The third kappa shape index (κ3) is 3.48. The number of carbonyl (C=O) groups is 1. The molecule has 0 saturated carbocycles. The number of rotatable bonds is 6. The van der Waals surface area contributed by atoms with E-state index >= 15 is 0 Å². The molecule has 1 heterocycles. The lowest BCUT2D eigenvalue weighted by Gasteiger charge is -2.13. The maximum Gasteiger partial charge on any atom is 0.251 e. The molecule has 0 fully saturated rings. The number of aromatic nitrogens is 1. The average molecular weight is 322 g/mol. The van der Waals surface area contributed by atoms with E-state index in [0.717, 1.165) is 10.7 Å². The molecule has 0 radical (unpaired) electrons. The van der Waals surface area contributed by atoms with Crippen LogP contribution in [0.5, 0.6) is 17.2 Å². The Morgan fingerprint density at radius 3 is 2.27 bits per heavy atom. The molecule has 2 rings (SSSR count). The summed E-state index contributed by atoms with van der Waals surface area (Å²) in [6.45, 7) is 2.30. The highest BCUT2D eigenvalue weighted by atomic mass is 32.1. The Kier molecular flexibility index (Phi) is 5.21. The SMILES string of the molecule is COc1cc(C(=O)NCc2csc(C)n2)cc(OC)c1OC. The van der Waals surface area contributed by atoms with Crippen LogP contribution < -0.4 is 19.5 Å². The highest BCUT2D eigenvalue weighted by Crippen LogP contribution is 2.38. The molecule has 1 amide bonds. The Morgan fingerprint density at radius 2 is 1.82 bits per heavy atom. The largest absolute Gasteiger partial charge is 0.493 e. The van der Waals surface area contributed by atoms with Crippen molar-refractivity contribution >= 4 is 17.2 Å². The molecule has 2 aromatic rings. The highest BCUT2D eigenvalue weighted by molar-refractivity contribution is 7.09. The molecular formula is C15H18N2O4S. The van der Waals surface area contributed by atoms with E-state index in [1.54, 1.807) is 23.5 Å². The van der Waals surface area contributed by atoms with Gasteiger partial charge in [-0.05, 0) is 19.1 Å². The lowest BCUT2D eigenvalue weighted by atomic mass is 10.1. The number of benzene rings is 1. The number of amides is 1. The van der Waals surface area contributed by atoms with Crippen LogP contribution in [0.2, 0.25) is 0 Å². The summed E-state index contributed by atoms with van der Waals surface area (Å²) in [5, 5.41) is 5.71. The molecule has 1 N–H and O–H groups in total. The minimum Gasteiger partial charge on any atom is -0.493 e. The maximum absolute atomic E-state index is 12.3. The van der Waals surface area contributed by atoms with Crippen molar-refractivity contribution in [3.05, 3.63) is 33.8 Å². The number of thiazole rings is 1. The van der Waals surface area contributed by atoms with Crippen LogP contribution in [0.15, 0.2) is 17.5 Å². The van der Waals surface area contributed by atoms with Gasteiger partial charge in [-0.2, -0.15) is 0 Å². The van der Waals surface area contributed by atoms with E-state index in [1.807, 2.05) is 12.3 Å². The first-order chi connectivity index (χ1) is 10.6. The van der Waals surface area contributed by atoms with Crippen molar-refractivity contribution in [2.45, 2.75) is 13.5 Å². The van der Waals surface area contributed by atoms with Crippen LogP contribution in [0.25, 0.3) is 0 Å². The van der Waals surface area contributed by atoms with Gasteiger partial charge in [0, 0.05) is 10.9 Å². The number of ether oxygens (including phenoxy) is 3. The number of aryl methyl sites for hydroxylation is 1. The molecule has 1 aromatic carbocycles. The summed E-state index contributed by atoms with van der Waals surface area (Å²) < 4.78 is 15.7. The molecule has 0 atom stereocenters. The van der Waals surface area contributed by atoms with Gasteiger partial charge in [0.25, 0.3) is 5.91 Å². The Hall–Kier alpha value is -2.28. The summed E-state index contributed by atoms with van der Waals surface area (Å²) in [4.78, 5) is 16.6. The molecule has 0 spiro atoms. The number of hydrogen-bond acceptors (Lipinski definition) is 6. The van der Waals surface area contributed by atoms with E-state index in [4.69, 9.17) is 14.2 Å². The van der Waals surface area contributed by atoms with Crippen molar-refractivity contribution in [2.24, 2.45) is 0 Å². The predicted octanol–water partition coefficient (Wildman–Crippen LogP) is 2.41. The molecule has 22 heavy (non-hydrogen) atoms. The second-order valence-electron chi connectivity index (χ2n) is 4.45. The third-order valence-corrected chi connectivity index (χ3v) is 3.85. The van der Waals surface area contributed by atoms with Gasteiger partial charge >= 0.3 is 0 Å². The first-order valence-corrected chi connectivity index (χ1v) is 7.46. The summed E-state index contributed by atoms with van der Waals surface area (Å²) in [5.41, 5.74) is 1.27. The van der Waals surface area contributed by atoms with E-state index in [9.17, 15) is 4.79 Å². The fourth-order valence-corrected chi connectivity index (χ4v) is 2.59. The number of hydrogen-bond donors (Lipinski definition) is 1. The zero-order valence-corrected chi connectivity index (χ0v) is 13.7. The van der Waals surface area contributed by atoms with Gasteiger partial charge < -0.3 is 19.5 Å². The number of methoxy groups -OCH3 is 3. The Balaban J connectivity index is 2.18. The minimum absolute atomic E-state index is 0.232. The average Bonchev–Trinajstić information content (AvgIpc) is 2.96. The lowest BCUT2D eigenvalue weighted by Crippen LogP contribution is -2.23. The van der Waals surface area contributed by atoms with Crippen LogP contribution in [-0.4, -0.2) is 32.2 Å². The van der Waals surface area contributed by atoms with Gasteiger partial charge in [-0.1, -0.05) is 0 Å². The third-order valence-electron chi connectivity index (χ3n) is 3.02. The van der Waals surface area contributed by atoms with Gasteiger partial charge in [0.05, 0.1) is 38.6 Å². The van der Waals surface area contributed by atoms with Crippen molar-refractivity contribution in [2.75, 3.05) is 21.3 Å². The van der Waals surface area contributed by atoms with Gasteiger partial charge in [-0.15, -0.1) is 11.3 Å². The normalized spacial score (nSPS) is 10.2. The molecule has 1 aromatic heterocycles. The highest BCUT2D eigenvalue weighted by Gasteiger charge is 2.17. The fraction of sp³-hybridized carbons (Fsp3) is 0.333. The molecular weight excluding hydrogens is 304 g/mol. The Labute approximate surface area is 133 Å². The van der Waals surface area contributed by atoms with Crippen molar-refractivity contribution in [3.8, 4) is 17.2 Å². The summed E-state index contributed by atoms with van der Waals surface area (Å²) in [7, 11) is 4.54. The second kappa shape index (κ2) is 7.13. The maximum atomic E-state index is 12.3. The van der Waals surface area contributed by atoms with Gasteiger partial charge in [0.1, 0.15) is 0 Å². The van der Waals surface area contributed by atoms with Gasteiger partial charge in [0.2, 0.25) is 5.75 Å². The lowest BCUT2D eigenvalue weighted by molar-refractivity contribution is 0.0949. The summed E-state index contributed by atoms with van der Waals surface area (Å²) in [6, 6.07) is 3.23. The molecule has 0 aliphatic rings. The molecule has 7 heteroatoms. The number of nitrogens with one attached hydrogen (secondary N) is 1. The van der Waals surface area contributed by atoms with E-state index in [0.29, 0.717) is 29.4 Å². The number of carbonyl (C=O) groups excluding carboxylic acids is 1. The van der Waals surface area contributed by atoms with Gasteiger partial charge in [0.15, 0.2) is 11.5 Å². The first kappa shape index (κ1) is 16.1. The van der Waals surface area contributed by atoms with Gasteiger partial charge in [-0.25, -0.2) is 4.98 Å². The smallest absolute Gasteiger partial charge is 0.251 e. The van der Waals surface area contributed by atoms with Crippen LogP contribution in [-0.2, 0) is 6.54 Å². The monoisotopic (exact) mass is 322 g/mol. The van der Waals surface area contributed by atoms with Crippen molar-refractivity contribution in [1.82, 2.24) is 10.3 Å². The molecule has 6 nitrogen and oxygen atoms in total. The van der Waals surface area contributed by atoms with Gasteiger partial charge in [-0.3, -0.25) is 4.79 Å². The first-order valence-electron chi connectivity index (χ1n) is 6.58. The quantitative estimate of drug-likeness (QED) is 0.884. The standard InChI is InChI=1S/C15H18N2O4S/c1-9-17-11(8-22-9)7-16-15(18)10-5-12(19-2)14(21-4)13(6-10)20-3/h5-6,8H,7H2,1-4H3,(H,16,18). The molecule has 0 aliphatic carbocycles.